The second kappa shape index (κ2) is 10.9. The lowest BCUT2D eigenvalue weighted by atomic mass is 9.97. The second-order valence-corrected chi connectivity index (χ2v) is 12.8. The summed E-state index contributed by atoms with van der Waals surface area (Å²) in [6.07, 6.45) is 0. The average molecular weight is 578 g/mol. The molecular weight excluding hydrogens is 542 g/mol. The molecule has 0 N–H and O–H groups in total. The van der Waals surface area contributed by atoms with Crippen LogP contribution in [0.5, 0.6) is 0 Å². The molecule has 2 aliphatic rings. The number of nitrogens with zero attached hydrogens (tertiary/aromatic N) is 3. The van der Waals surface area contributed by atoms with Gasteiger partial charge >= 0.3 is 0 Å². The molecule has 7 rings (SSSR count). The van der Waals surface area contributed by atoms with E-state index in [2.05, 4.69) is 113 Å². The maximum absolute atomic E-state index is 5.96. The van der Waals surface area contributed by atoms with Gasteiger partial charge in [-0.3, -0.25) is 0 Å². The fraction of sp³-hybridized carbons (Fsp3) is 0.205. The Morgan fingerprint density at radius 3 is 1.30 bits per heavy atom. The Bertz CT molecular complexity index is 1810. The summed E-state index contributed by atoms with van der Waals surface area (Å²) in [6.45, 7) is 9.49. The second-order valence-electron chi connectivity index (χ2n) is 12.8. The van der Waals surface area contributed by atoms with Crippen LogP contribution in [0.25, 0.3) is 44.8 Å². The first kappa shape index (κ1) is 27.8. The summed E-state index contributed by atoms with van der Waals surface area (Å²) in [5.41, 5.74) is 9.82. The Hall–Kier alpha value is -5.03. The fourth-order valence-electron chi connectivity index (χ4n) is 5.57. The van der Waals surface area contributed by atoms with E-state index >= 15 is 0 Å². The minimum atomic E-state index is -0.226. The topological polar surface area (TPSA) is 56.1 Å². The highest BCUT2D eigenvalue weighted by molar-refractivity contribution is 5.97. The van der Waals surface area contributed by atoms with Crippen LogP contribution in [0.1, 0.15) is 38.8 Å². The zero-order valence-electron chi connectivity index (χ0n) is 25.5. The van der Waals surface area contributed by atoms with E-state index in [4.69, 9.17) is 24.4 Å². The Morgan fingerprint density at radius 2 is 0.841 bits per heavy atom. The van der Waals surface area contributed by atoms with Gasteiger partial charge in [0.15, 0.2) is 0 Å². The Labute approximate surface area is 259 Å². The smallest absolute Gasteiger partial charge is 0.216 e. The molecule has 4 aromatic carbocycles. The van der Waals surface area contributed by atoms with Crippen LogP contribution in [0.3, 0.4) is 0 Å². The van der Waals surface area contributed by atoms with E-state index < -0.39 is 0 Å². The Kier molecular flexibility index (Phi) is 6.89. The molecular formula is C39H35N3O2. The average Bonchev–Trinajstić information content (AvgIpc) is 3.62. The van der Waals surface area contributed by atoms with Crippen LogP contribution >= 0.6 is 0 Å². The van der Waals surface area contributed by atoms with Gasteiger partial charge in [0, 0.05) is 22.3 Å². The normalized spacial score (nSPS) is 16.5. The van der Waals surface area contributed by atoms with Crippen molar-refractivity contribution in [2.45, 2.75) is 38.8 Å². The van der Waals surface area contributed by atoms with E-state index in [1.165, 1.54) is 11.1 Å². The van der Waals surface area contributed by atoms with Gasteiger partial charge in [-0.05, 0) is 86.3 Å². The SMILES string of the molecule is CC1(C)COC(c2cccc(-c3cc(-c4ccc(-c5ccccc5)cc4)cc(-c4cccc(C5=NC(C)(C)CO5)c4)n3)c2)=N1. The first-order chi connectivity index (χ1) is 21.2. The van der Waals surface area contributed by atoms with Crippen molar-refractivity contribution in [2.24, 2.45) is 9.98 Å². The van der Waals surface area contributed by atoms with Crippen molar-refractivity contribution in [1.82, 2.24) is 4.98 Å². The zero-order valence-corrected chi connectivity index (χ0v) is 25.5. The molecule has 5 nitrogen and oxygen atoms in total. The number of ether oxygens (including phenoxy) is 2. The van der Waals surface area contributed by atoms with Gasteiger partial charge in [0.25, 0.3) is 0 Å². The van der Waals surface area contributed by atoms with E-state index in [0.29, 0.717) is 25.0 Å². The molecule has 0 atom stereocenters. The fourth-order valence-corrected chi connectivity index (χ4v) is 5.57. The quantitative estimate of drug-likeness (QED) is 0.203. The number of hydrogen-bond donors (Lipinski definition) is 0. The summed E-state index contributed by atoms with van der Waals surface area (Å²) < 4.78 is 11.9. The lowest BCUT2D eigenvalue weighted by Crippen LogP contribution is -2.17. The van der Waals surface area contributed by atoms with E-state index in [0.717, 1.165) is 44.8 Å². The third kappa shape index (κ3) is 5.78. The molecule has 0 fully saturated rings. The zero-order chi connectivity index (χ0) is 30.3. The number of benzene rings is 4. The van der Waals surface area contributed by atoms with Gasteiger partial charge in [-0.25, -0.2) is 15.0 Å². The van der Waals surface area contributed by atoms with Crippen molar-refractivity contribution in [3.63, 3.8) is 0 Å². The van der Waals surface area contributed by atoms with Crippen molar-refractivity contribution >= 4 is 11.8 Å². The van der Waals surface area contributed by atoms with Gasteiger partial charge < -0.3 is 9.47 Å². The van der Waals surface area contributed by atoms with Crippen molar-refractivity contribution < 1.29 is 9.47 Å². The Balaban J connectivity index is 1.32. The maximum Gasteiger partial charge on any atom is 0.216 e. The minimum Gasteiger partial charge on any atom is -0.475 e. The summed E-state index contributed by atoms with van der Waals surface area (Å²) in [6, 6.07) is 40.1. The molecule has 218 valence electrons. The molecule has 0 unspecified atom stereocenters. The van der Waals surface area contributed by atoms with Gasteiger partial charge in [-0.15, -0.1) is 0 Å². The molecule has 44 heavy (non-hydrogen) atoms. The van der Waals surface area contributed by atoms with Gasteiger partial charge in [0.2, 0.25) is 11.8 Å². The summed E-state index contributed by atoms with van der Waals surface area (Å²) in [7, 11) is 0. The van der Waals surface area contributed by atoms with Crippen LogP contribution in [-0.4, -0.2) is 41.1 Å². The molecule has 0 spiro atoms. The highest BCUT2D eigenvalue weighted by atomic mass is 16.5. The predicted octanol–water partition coefficient (Wildman–Crippen LogP) is 8.86. The van der Waals surface area contributed by atoms with Crippen LogP contribution in [0, 0.1) is 0 Å². The van der Waals surface area contributed by atoms with Crippen molar-refractivity contribution in [3.05, 3.63) is 126 Å². The number of pyridine rings is 1. The summed E-state index contributed by atoms with van der Waals surface area (Å²) in [4.78, 5) is 14.8. The first-order valence-electron chi connectivity index (χ1n) is 15.1. The summed E-state index contributed by atoms with van der Waals surface area (Å²) >= 11 is 0. The van der Waals surface area contributed by atoms with Crippen LogP contribution in [0.2, 0.25) is 0 Å². The lowest BCUT2D eigenvalue weighted by molar-refractivity contribution is 0.279. The Morgan fingerprint density at radius 1 is 0.432 bits per heavy atom. The molecule has 0 saturated carbocycles. The number of rotatable bonds is 6. The third-order valence-electron chi connectivity index (χ3n) is 7.89. The van der Waals surface area contributed by atoms with E-state index in [1.54, 1.807) is 0 Å². The number of aromatic nitrogens is 1. The van der Waals surface area contributed by atoms with Crippen molar-refractivity contribution in [1.29, 1.82) is 0 Å². The molecule has 5 heteroatoms. The molecule has 0 saturated heterocycles. The minimum absolute atomic E-state index is 0.226. The molecule has 5 aromatic rings. The standard InChI is InChI=1S/C39H35N3O2/c1-38(2)24-43-36(41-38)31-14-8-12-29(20-31)34-22-33(28-18-16-27(17-19-28)26-10-6-5-7-11-26)23-35(40-34)30-13-9-15-32(21-30)37-42-39(3,4)25-44-37/h5-23H,24-25H2,1-4H3. The van der Waals surface area contributed by atoms with E-state index in [-0.39, 0.29) is 11.1 Å². The van der Waals surface area contributed by atoms with Crippen molar-refractivity contribution in [3.8, 4) is 44.8 Å². The molecule has 0 aliphatic carbocycles. The van der Waals surface area contributed by atoms with Crippen LogP contribution in [0.4, 0.5) is 0 Å². The predicted molar refractivity (Wildman–Crippen MR) is 179 cm³/mol. The van der Waals surface area contributed by atoms with Crippen LogP contribution < -0.4 is 0 Å². The van der Waals surface area contributed by atoms with Gasteiger partial charge in [0.05, 0.1) is 22.5 Å². The summed E-state index contributed by atoms with van der Waals surface area (Å²) in [5, 5.41) is 0. The van der Waals surface area contributed by atoms with Crippen molar-refractivity contribution in [2.75, 3.05) is 13.2 Å². The van der Waals surface area contributed by atoms with Crippen LogP contribution in [0.15, 0.2) is 125 Å². The van der Waals surface area contributed by atoms with Gasteiger partial charge in [0.1, 0.15) is 13.2 Å². The monoisotopic (exact) mass is 577 g/mol. The van der Waals surface area contributed by atoms with E-state index in [1.807, 2.05) is 30.3 Å². The van der Waals surface area contributed by atoms with Crippen LogP contribution in [-0.2, 0) is 9.47 Å². The third-order valence-corrected chi connectivity index (χ3v) is 7.89. The largest absolute Gasteiger partial charge is 0.475 e. The first-order valence-corrected chi connectivity index (χ1v) is 15.1. The van der Waals surface area contributed by atoms with E-state index in [9.17, 15) is 0 Å². The molecule has 1 aromatic heterocycles. The molecule has 2 aliphatic heterocycles. The maximum atomic E-state index is 5.96. The lowest BCUT2D eigenvalue weighted by Gasteiger charge is -2.12. The molecule has 3 heterocycles. The highest BCUT2D eigenvalue weighted by Gasteiger charge is 2.28. The van der Waals surface area contributed by atoms with Gasteiger partial charge in [-0.2, -0.15) is 0 Å². The molecule has 0 amide bonds. The number of aliphatic imine (C=N–C) groups is 2. The molecule has 0 bridgehead atoms. The number of hydrogen-bond acceptors (Lipinski definition) is 5. The summed E-state index contributed by atoms with van der Waals surface area (Å²) in [5.74, 6) is 1.36. The highest BCUT2D eigenvalue weighted by Crippen LogP contribution is 2.33. The molecule has 0 radical (unpaired) electrons. The van der Waals surface area contributed by atoms with Gasteiger partial charge in [-0.1, -0.05) is 78.9 Å².